The number of likely N-dealkylation sites (N-methyl/N-ethyl adjacent to an activating group) is 1. The number of benzene rings is 1. The van der Waals surface area contributed by atoms with Crippen molar-refractivity contribution in [2.45, 2.75) is 19.4 Å². The van der Waals surface area contributed by atoms with E-state index in [4.69, 9.17) is 0 Å². The van der Waals surface area contributed by atoms with Gasteiger partial charge < -0.3 is 10.6 Å². The Morgan fingerprint density at radius 2 is 2.38 bits per heavy atom. The van der Waals surface area contributed by atoms with Gasteiger partial charge in [-0.1, -0.05) is 30.4 Å². The number of nitrogens with zero attached hydrogens (tertiary/aromatic N) is 2. The first-order chi connectivity index (χ1) is 10.3. The minimum atomic E-state index is 0.0165. The van der Waals surface area contributed by atoms with E-state index >= 15 is 0 Å². The third-order valence-corrected chi connectivity index (χ3v) is 4.80. The van der Waals surface area contributed by atoms with Gasteiger partial charge in [-0.2, -0.15) is 0 Å². The number of anilines is 1. The van der Waals surface area contributed by atoms with Crippen molar-refractivity contribution in [3.8, 4) is 0 Å². The molecule has 1 atom stereocenters. The van der Waals surface area contributed by atoms with Crippen LogP contribution < -0.4 is 10.6 Å². The summed E-state index contributed by atoms with van der Waals surface area (Å²) >= 11 is 1.52. The molecule has 2 aromatic rings. The molecular formula is C15H20N4OS. The molecule has 1 saturated heterocycles. The van der Waals surface area contributed by atoms with E-state index in [-0.39, 0.29) is 5.91 Å². The summed E-state index contributed by atoms with van der Waals surface area (Å²) < 4.78 is 1.10. The molecule has 1 amide bonds. The number of rotatable bonds is 5. The standard InChI is InChI=1S/C15H20N4OS/c1-2-19(11-7-8-16-9-11)10-14(20)18-15-17-12-5-3-4-6-13(12)21-15/h3-6,11,16H,2,7-10H2,1H3,(H,17,18,20). The number of thiazole rings is 1. The van der Waals surface area contributed by atoms with Gasteiger partial charge >= 0.3 is 0 Å². The average molecular weight is 304 g/mol. The minimum Gasteiger partial charge on any atom is -0.315 e. The van der Waals surface area contributed by atoms with Crippen molar-refractivity contribution in [2.75, 3.05) is 31.5 Å². The Labute approximate surface area is 128 Å². The van der Waals surface area contributed by atoms with E-state index in [0.29, 0.717) is 17.7 Å². The van der Waals surface area contributed by atoms with Crippen LogP contribution in [0.25, 0.3) is 10.2 Å². The van der Waals surface area contributed by atoms with Crippen molar-refractivity contribution >= 4 is 32.6 Å². The van der Waals surface area contributed by atoms with E-state index in [2.05, 4.69) is 27.4 Å². The maximum absolute atomic E-state index is 12.2. The number of carbonyl (C=O) groups excluding carboxylic acids is 1. The lowest BCUT2D eigenvalue weighted by molar-refractivity contribution is -0.117. The molecule has 2 N–H and O–H groups in total. The van der Waals surface area contributed by atoms with Gasteiger partial charge in [0, 0.05) is 12.6 Å². The highest BCUT2D eigenvalue weighted by Gasteiger charge is 2.23. The molecule has 0 spiro atoms. The number of hydrogen-bond donors (Lipinski definition) is 2. The number of para-hydroxylation sites is 1. The first-order valence-electron chi connectivity index (χ1n) is 7.36. The third-order valence-electron chi connectivity index (χ3n) is 3.84. The molecule has 1 fully saturated rings. The average Bonchev–Trinajstić information content (AvgIpc) is 3.13. The van der Waals surface area contributed by atoms with Crippen molar-refractivity contribution in [1.29, 1.82) is 0 Å². The lowest BCUT2D eigenvalue weighted by Crippen LogP contribution is -2.41. The zero-order chi connectivity index (χ0) is 14.7. The van der Waals surface area contributed by atoms with Gasteiger partial charge in [-0.05, 0) is 31.6 Å². The quantitative estimate of drug-likeness (QED) is 0.886. The van der Waals surface area contributed by atoms with Gasteiger partial charge in [0.15, 0.2) is 5.13 Å². The maximum Gasteiger partial charge on any atom is 0.240 e. The largest absolute Gasteiger partial charge is 0.315 e. The van der Waals surface area contributed by atoms with Crippen molar-refractivity contribution in [1.82, 2.24) is 15.2 Å². The van der Waals surface area contributed by atoms with Crippen LogP contribution >= 0.6 is 11.3 Å². The van der Waals surface area contributed by atoms with Crippen LogP contribution in [-0.2, 0) is 4.79 Å². The SMILES string of the molecule is CCN(CC(=O)Nc1nc2ccccc2s1)C1CCNC1. The number of carbonyl (C=O) groups is 1. The zero-order valence-electron chi connectivity index (χ0n) is 12.1. The molecular weight excluding hydrogens is 284 g/mol. The Kier molecular flexibility index (Phi) is 4.48. The van der Waals surface area contributed by atoms with Gasteiger partial charge in [0.2, 0.25) is 5.91 Å². The molecule has 5 nitrogen and oxygen atoms in total. The number of fused-ring (bicyclic) bond motifs is 1. The molecule has 1 aromatic heterocycles. The van der Waals surface area contributed by atoms with Crippen LogP contribution in [0.2, 0.25) is 0 Å². The van der Waals surface area contributed by atoms with E-state index in [9.17, 15) is 4.79 Å². The molecule has 0 radical (unpaired) electrons. The van der Waals surface area contributed by atoms with Gasteiger partial charge in [0.1, 0.15) is 0 Å². The first-order valence-corrected chi connectivity index (χ1v) is 8.18. The topological polar surface area (TPSA) is 57.3 Å². The molecule has 1 aliphatic heterocycles. The van der Waals surface area contributed by atoms with Crippen molar-refractivity contribution in [3.63, 3.8) is 0 Å². The van der Waals surface area contributed by atoms with E-state index in [1.165, 1.54) is 11.3 Å². The van der Waals surface area contributed by atoms with Crippen LogP contribution in [0.1, 0.15) is 13.3 Å². The second kappa shape index (κ2) is 6.51. The molecule has 0 bridgehead atoms. The summed E-state index contributed by atoms with van der Waals surface area (Å²) in [5.74, 6) is 0.0165. The van der Waals surface area contributed by atoms with Crippen LogP contribution in [0.3, 0.4) is 0 Å². The smallest absolute Gasteiger partial charge is 0.240 e. The summed E-state index contributed by atoms with van der Waals surface area (Å²) in [6.07, 6.45) is 1.11. The zero-order valence-corrected chi connectivity index (χ0v) is 12.9. The molecule has 0 saturated carbocycles. The fourth-order valence-corrected chi connectivity index (χ4v) is 3.60. The molecule has 1 aromatic carbocycles. The number of aromatic nitrogens is 1. The van der Waals surface area contributed by atoms with Gasteiger partial charge in [0.05, 0.1) is 16.8 Å². The summed E-state index contributed by atoms with van der Waals surface area (Å²) in [6, 6.07) is 8.39. The van der Waals surface area contributed by atoms with Gasteiger partial charge in [-0.3, -0.25) is 9.69 Å². The summed E-state index contributed by atoms with van der Waals surface area (Å²) in [6.45, 7) is 5.44. The number of nitrogens with one attached hydrogen (secondary N) is 2. The highest BCUT2D eigenvalue weighted by molar-refractivity contribution is 7.22. The van der Waals surface area contributed by atoms with E-state index in [1.807, 2.05) is 24.3 Å². The Morgan fingerprint density at radius 3 is 3.10 bits per heavy atom. The molecule has 21 heavy (non-hydrogen) atoms. The Bertz CT molecular complexity index is 588. The minimum absolute atomic E-state index is 0.0165. The van der Waals surface area contributed by atoms with E-state index in [0.717, 1.165) is 36.3 Å². The van der Waals surface area contributed by atoms with Gasteiger partial charge in [-0.15, -0.1) is 0 Å². The summed E-state index contributed by atoms with van der Waals surface area (Å²) in [5.41, 5.74) is 0.935. The molecule has 1 aliphatic rings. The molecule has 3 rings (SSSR count). The lowest BCUT2D eigenvalue weighted by Gasteiger charge is -2.25. The van der Waals surface area contributed by atoms with E-state index < -0.39 is 0 Å². The first kappa shape index (κ1) is 14.4. The second-order valence-electron chi connectivity index (χ2n) is 5.24. The van der Waals surface area contributed by atoms with Crippen molar-refractivity contribution in [3.05, 3.63) is 24.3 Å². The molecule has 112 valence electrons. The van der Waals surface area contributed by atoms with Crippen LogP contribution in [0, 0.1) is 0 Å². The van der Waals surface area contributed by atoms with Crippen LogP contribution in [-0.4, -0.2) is 48.0 Å². The highest BCUT2D eigenvalue weighted by Crippen LogP contribution is 2.25. The number of hydrogen-bond acceptors (Lipinski definition) is 5. The maximum atomic E-state index is 12.2. The summed E-state index contributed by atoms with van der Waals surface area (Å²) in [7, 11) is 0. The lowest BCUT2D eigenvalue weighted by atomic mass is 10.2. The van der Waals surface area contributed by atoms with Crippen LogP contribution in [0.15, 0.2) is 24.3 Å². The van der Waals surface area contributed by atoms with Crippen molar-refractivity contribution < 1.29 is 4.79 Å². The van der Waals surface area contributed by atoms with Crippen LogP contribution in [0.4, 0.5) is 5.13 Å². The fourth-order valence-electron chi connectivity index (χ4n) is 2.72. The normalized spacial score (nSPS) is 18.5. The molecule has 6 heteroatoms. The monoisotopic (exact) mass is 304 g/mol. The summed E-state index contributed by atoms with van der Waals surface area (Å²) in [4.78, 5) is 18.9. The fraction of sp³-hybridized carbons (Fsp3) is 0.467. The Balaban J connectivity index is 1.62. The van der Waals surface area contributed by atoms with E-state index in [1.54, 1.807) is 0 Å². The molecule has 0 aliphatic carbocycles. The third kappa shape index (κ3) is 3.40. The van der Waals surface area contributed by atoms with Gasteiger partial charge in [0.25, 0.3) is 0 Å². The second-order valence-corrected chi connectivity index (χ2v) is 6.28. The van der Waals surface area contributed by atoms with Crippen molar-refractivity contribution in [2.24, 2.45) is 0 Å². The Hall–Kier alpha value is -1.50. The summed E-state index contributed by atoms with van der Waals surface area (Å²) in [5, 5.41) is 6.95. The molecule has 2 heterocycles. The van der Waals surface area contributed by atoms with Gasteiger partial charge in [-0.25, -0.2) is 4.98 Å². The van der Waals surface area contributed by atoms with Crippen LogP contribution in [0.5, 0.6) is 0 Å². The predicted octanol–water partition coefficient (Wildman–Crippen LogP) is 1.92. The number of amides is 1. The molecule has 1 unspecified atom stereocenters. The highest BCUT2D eigenvalue weighted by atomic mass is 32.1. The Morgan fingerprint density at radius 1 is 1.52 bits per heavy atom. The predicted molar refractivity (Wildman–Crippen MR) is 86.8 cm³/mol.